The second-order valence-electron chi connectivity index (χ2n) is 5.49. The van der Waals surface area contributed by atoms with Crippen LogP contribution in [0.1, 0.15) is 37.8 Å². The second-order valence-corrected chi connectivity index (χ2v) is 5.49. The van der Waals surface area contributed by atoms with Gasteiger partial charge in [0, 0.05) is 38.5 Å². The highest BCUT2D eigenvalue weighted by atomic mass is 16.5. The Hall–Kier alpha value is -1.06. The number of anilines is 1. The number of piperidine rings is 1. The van der Waals surface area contributed by atoms with Crippen LogP contribution in [-0.2, 0) is 4.74 Å². The van der Waals surface area contributed by atoms with Crippen LogP contribution in [0.2, 0.25) is 0 Å². The van der Waals surface area contributed by atoms with Gasteiger partial charge in [0.05, 0.1) is 0 Å². The Bertz CT molecular complexity index is 369. The van der Waals surface area contributed by atoms with E-state index in [-0.39, 0.29) is 6.04 Å². The molecule has 0 aromatic heterocycles. The highest BCUT2D eigenvalue weighted by Crippen LogP contribution is 2.25. The molecule has 1 saturated heterocycles. The van der Waals surface area contributed by atoms with Crippen molar-refractivity contribution in [2.24, 2.45) is 11.7 Å². The molecule has 106 valence electrons. The Balaban J connectivity index is 1.92. The molecule has 2 rings (SSSR count). The fraction of sp³-hybridized carbons (Fsp3) is 0.625. The number of rotatable bonds is 5. The van der Waals surface area contributed by atoms with E-state index in [1.165, 1.54) is 24.1 Å². The monoisotopic (exact) mass is 262 g/mol. The predicted octanol–water partition coefficient (Wildman–Crippen LogP) is 2.96. The molecule has 1 heterocycles. The average molecular weight is 262 g/mol. The Morgan fingerprint density at radius 2 is 1.89 bits per heavy atom. The van der Waals surface area contributed by atoms with Crippen LogP contribution in [0.4, 0.5) is 5.69 Å². The third kappa shape index (κ3) is 3.71. The van der Waals surface area contributed by atoms with Crippen molar-refractivity contribution in [1.82, 2.24) is 0 Å². The Labute approximate surface area is 116 Å². The third-order valence-electron chi connectivity index (χ3n) is 4.14. The SMILES string of the molecule is CC[C@H](N)c1ccc(N2CCC(COC)CC2)cc1. The Kier molecular flexibility index (Phi) is 5.23. The van der Waals surface area contributed by atoms with Crippen molar-refractivity contribution in [3.8, 4) is 0 Å². The van der Waals surface area contributed by atoms with E-state index < -0.39 is 0 Å². The van der Waals surface area contributed by atoms with Gasteiger partial charge >= 0.3 is 0 Å². The molecule has 0 spiro atoms. The molecule has 0 saturated carbocycles. The van der Waals surface area contributed by atoms with Crippen LogP contribution < -0.4 is 10.6 Å². The van der Waals surface area contributed by atoms with Crippen molar-refractivity contribution in [1.29, 1.82) is 0 Å². The van der Waals surface area contributed by atoms with Gasteiger partial charge in [0.1, 0.15) is 0 Å². The lowest BCUT2D eigenvalue weighted by Crippen LogP contribution is -2.34. The summed E-state index contributed by atoms with van der Waals surface area (Å²) in [6.07, 6.45) is 3.44. The standard InChI is InChI=1S/C16H26N2O/c1-3-16(17)14-4-6-15(7-5-14)18-10-8-13(9-11-18)12-19-2/h4-7,13,16H,3,8-12,17H2,1-2H3/t16-/m0/s1. The van der Waals surface area contributed by atoms with Crippen LogP contribution in [-0.4, -0.2) is 26.8 Å². The summed E-state index contributed by atoms with van der Waals surface area (Å²) < 4.78 is 5.24. The molecule has 1 atom stereocenters. The minimum Gasteiger partial charge on any atom is -0.384 e. The number of hydrogen-bond donors (Lipinski definition) is 1. The van der Waals surface area contributed by atoms with Gasteiger partial charge in [0.15, 0.2) is 0 Å². The van der Waals surface area contributed by atoms with Gasteiger partial charge in [-0.15, -0.1) is 0 Å². The molecule has 3 nitrogen and oxygen atoms in total. The smallest absolute Gasteiger partial charge is 0.0491 e. The lowest BCUT2D eigenvalue weighted by molar-refractivity contribution is 0.139. The second kappa shape index (κ2) is 6.92. The molecule has 1 aromatic rings. The molecule has 0 aliphatic carbocycles. The number of ether oxygens (including phenoxy) is 1. The average Bonchev–Trinajstić information content (AvgIpc) is 2.48. The van der Waals surface area contributed by atoms with Crippen LogP contribution in [0, 0.1) is 5.92 Å². The summed E-state index contributed by atoms with van der Waals surface area (Å²) in [6, 6.07) is 8.93. The van der Waals surface area contributed by atoms with Gasteiger partial charge in [-0.25, -0.2) is 0 Å². The molecule has 1 fully saturated rings. The summed E-state index contributed by atoms with van der Waals surface area (Å²) in [6.45, 7) is 5.29. The summed E-state index contributed by atoms with van der Waals surface area (Å²) in [5.41, 5.74) is 8.61. The van der Waals surface area contributed by atoms with Crippen LogP contribution in [0.3, 0.4) is 0 Å². The normalized spacial score (nSPS) is 18.6. The van der Waals surface area contributed by atoms with E-state index in [4.69, 9.17) is 10.5 Å². The van der Waals surface area contributed by atoms with Gasteiger partial charge in [-0.05, 0) is 42.9 Å². The third-order valence-corrected chi connectivity index (χ3v) is 4.14. The minimum absolute atomic E-state index is 0.168. The zero-order chi connectivity index (χ0) is 13.7. The first kappa shape index (κ1) is 14.4. The minimum atomic E-state index is 0.168. The lowest BCUT2D eigenvalue weighted by Gasteiger charge is -2.33. The van der Waals surface area contributed by atoms with Crippen LogP contribution in [0.15, 0.2) is 24.3 Å². The molecule has 0 amide bonds. The van der Waals surface area contributed by atoms with E-state index in [0.29, 0.717) is 0 Å². The number of nitrogens with two attached hydrogens (primary N) is 1. The zero-order valence-electron chi connectivity index (χ0n) is 12.1. The Morgan fingerprint density at radius 3 is 2.42 bits per heavy atom. The number of nitrogens with zero attached hydrogens (tertiary/aromatic N) is 1. The van der Waals surface area contributed by atoms with E-state index in [0.717, 1.165) is 32.0 Å². The fourth-order valence-corrected chi connectivity index (χ4v) is 2.76. The van der Waals surface area contributed by atoms with Gasteiger partial charge in [-0.1, -0.05) is 19.1 Å². The molecule has 1 aliphatic heterocycles. The van der Waals surface area contributed by atoms with Crippen molar-refractivity contribution in [2.75, 3.05) is 31.7 Å². The van der Waals surface area contributed by atoms with Crippen molar-refractivity contribution in [2.45, 2.75) is 32.2 Å². The van der Waals surface area contributed by atoms with Gasteiger partial charge in [-0.2, -0.15) is 0 Å². The van der Waals surface area contributed by atoms with Crippen molar-refractivity contribution >= 4 is 5.69 Å². The predicted molar refractivity (Wildman–Crippen MR) is 80.5 cm³/mol. The molecule has 0 bridgehead atoms. The van der Waals surface area contributed by atoms with Crippen molar-refractivity contribution in [3.05, 3.63) is 29.8 Å². The maximum absolute atomic E-state index is 6.05. The van der Waals surface area contributed by atoms with E-state index >= 15 is 0 Å². The summed E-state index contributed by atoms with van der Waals surface area (Å²) >= 11 is 0. The topological polar surface area (TPSA) is 38.5 Å². The maximum atomic E-state index is 6.05. The van der Waals surface area contributed by atoms with Crippen LogP contribution in [0.25, 0.3) is 0 Å². The first-order chi connectivity index (χ1) is 9.24. The van der Waals surface area contributed by atoms with Crippen molar-refractivity contribution < 1.29 is 4.74 Å². The fourth-order valence-electron chi connectivity index (χ4n) is 2.76. The lowest BCUT2D eigenvalue weighted by atomic mass is 9.97. The summed E-state index contributed by atoms with van der Waals surface area (Å²) in [4.78, 5) is 2.47. The van der Waals surface area contributed by atoms with Crippen LogP contribution >= 0.6 is 0 Å². The molecule has 0 unspecified atom stereocenters. The highest BCUT2D eigenvalue weighted by molar-refractivity contribution is 5.48. The van der Waals surface area contributed by atoms with E-state index in [2.05, 4.69) is 36.1 Å². The van der Waals surface area contributed by atoms with Crippen LogP contribution in [0.5, 0.6) is 0 Å². The van der Waals surface area contributed by atoms with E-state index in [1.807, 2.05) is 0 Å². The quantitative estimate of drug-likeness (QED) is 0.886. The first-order valence-electron chi connectivity index (χ1n) is 7.34. The molecule has 0 radical (unpaired) electrons. The van der Waals surface area contributed by atoms with E-state index in [9.17, 15) is 0 Å². The van der Waals surface area contributed by atoms with Gasteiger partial charge in [-0.3, -0.25) is 0 Å². The first-order valence-corrected chi connectivity index (χ1v) is 7.34. The number of methoxy groups -OCH3 is 1. The molecule has 3 heteroatoms. The molecular weight excluding hydrogens is 236 g/mol. The zero-order valence-corrected chi connectivity index (χ0v) is 12.1. The van der Waals surface area contributed by atoms with Crippen molar-refractivity contribution in [3.63, 3.8) is 0 Å². The largest absolute Gasteiger partial charge is 0.384 e. The van der Waals surface area contributed by atoms with E-state index in [1.54, 1.807) is 7.11 Å². The molecule has 2 N–H and O–H groups in total. The summed E-state index contributed by atoms with van der Waals surface area (Å²) in [5, 5.41) is 0. The Morgan fingerprint density at radius 1 is 1.26 bits per heavy atom. The molecule has 19 heavy (non-hydrogen) atoms. The number of hydrogen-bond acceptors (Lipinski definition) is 3. The molecular formula is C16H26N2O. The summed E-state index contributed by atoms with van der Waals surface area (Å²) in [5.74, 6) is 0.731. The van der Waals surface area contributed by atoms with Gasteiger partial charge < -0.3 is 15.4 Å². The summed E-state index contributed by atoms with van der Waals surface area (Å²) in [7, 11) is 1.79. The van der Waals surface area contributed by atoms with Gasteiger partial charge in [0.2, 0.25) is 0 Å². The number of benzene rings is 1. The maximum Gasteiger partial charge on any atom is 0.0491 e. The highest BCUT2D eigenvalue weighted by Gasteiger charge is 2.19. The van der Waals surface area contributed by atoms with Gasteiger partial charge in [0.25, 0.3) is 0 Å². The molecule has 1 aliphatic rings. The molecule has 1 aromatic carbocycles.